The van der Waals surface area contributed by atoms with E-state index >= 15 is 0 Å². The molecule has 6 rings (SSSR count). The number of aliphatic carboxylic acids is 1. The Balaban J connectivity index is 0.991. The largest absolute Gasteiger partial charge is 0.480 e. The molecule has 2 saturated heterocycles. The second kappa shape index (κ2) is 12.7. The number of halogens is 3. The second-order valence-corrected chi connectivity index (χ2v) is 13.1. The lowest BCUT2D eigenvalue weighted by atomic mass is 9.62. The number of nitrogens with one attached hydrogen (secondary N) is 1. The number of benzene rings is 1. The minimum Gasteiger partial charge on any atom is -0.480 e. The van der Waals surface area contributed by atoms with Crippen LogP contribution in [0.4, 0.5) is 19.0 Å². The normalized spacial score (nSPS) is 25.1. The van der Waals surface area contributed by atoms with Gasteiger partial charge in [0, 0.05) is 43.6 Å². The Morgan fingerprint density at radius 3 is 2.84 bits per heavy atom. The molecule has 2 N–H and O–H groups in total. The average Bonchev–Trinajstić information content (AvgIpc) is 3.42. The van der Waals surface area contributed by atoms with Crippen molar-refractivity contribution >= 4 is 11.8 Å². The Bertz CT molecular complexity index is 1290. The summed E-state index contributed by atoms with van der Waals surface area (Å²) >= 11 is 0. The number of anilines is 1. The van der Waals surface area contributed by atoms with Crippen molar-refractivity contribution in [2.45, 2.75) is 82.3 Å². The first kappa shape index (κ1) is 30.3. The average molecular weight is 602 g/mol. The third-order valence-electron chi connectivity index (χ3n) is 9.68. The summed E-state index contributed by atoms with van der Waals surface area (Å²) in [5.74, 6) is -2.95. The molecule has 4 aliphatic rings. The lowest BCUT2D eigenvalue weighted by molar-refractivity contribution is -0.212. The molecule has 0 amide bonds. The SMILES string of the molecule is O=C(O)[C@@H](c1cc(F)ccc1[C@H]1CCC2(CO1)CC(F)(F)C2)N1CC[C@@H](COCCCCc2ccc3c(n2)NCCC3)C1. The van der Waals surface area contributed by atoms with Gasteiger partial charge in [-0.1, -0.05) is 12.1 Å². The number of nitrogens with zero attached hydrogens (tertiary/aromatic N) is 2. The quantitative estimate of drug-likeness (QED) is 0.291. The Morgan fingerprint density at radius 1 is 1.21 bits per heavy atom. The molecule has 7 nitrogen and oxygen atoms in total. The van der Waals surface area contributed by atoms with Crippen molar-refractivity contribution in [1.29, 1.82) is 0 Å². The predicted molar refractivity (Wildman–Crippen MR) is 156 cm³/mol. The van der Waals surface area contributed by atoms with Crippen LogP contribution >= 0.6 is 0 Å². The molecular formula is C33H42F3N3O4. The smallest absolute Gasteiger partial charge is 0.325 e. The van der Waals surface area contributed by atoms with E-state index in [9.17, 15) is 23.1 Å². The summed E-state index contributed by atoms with van der Waals surface area (Å²) in [6, 6.07) is 7.51. The van der Waals surface area contributed by atoms with Crippen LogP contribution < -0.4 is 5.32 Å². The molecule has 0 bridgehead atoms. The fourth-order valence-electron chi connectivity index (χ4n) is 7.50. The first-order chi connectivity index (χ1) is 20.7. The number of hydrogen-bond acceptors (Lipinski definition) is 6. The van der Waals surface area contributed by atoms with E-state index in [0.29, 0.717) is 50.3 Å². The summed E-state index contributed by atoms with van der Waals surface area (Å²) in [7, 11) is 0. The number of hydrogen-bond donors (Lipinski definition) is 2. The molecule has 3 fully saturated rings. The summed E-state index contributed by atoms with van der Waals surface area (Å²) < 4.78 is 53.6. The highest BCUT2D eigenvalue weighted by molar-refractivity contribution is 5.76. The molecule has 10 heteroatoms. The van der Waals surface area contributed by atoms with Crippen LogP contribution in [0.15, 0.2) is 30.3 Å². The summed E-state index contributed by atoms with van der Waals surface area (Å²) in [6.45, 7) is 3.51. The summed E-state index contributed by atoms with van der Waals surface area (Å²) in [5, 5.41) is 13.7. The van der Waals surface area contributed by atoms with Crippen LogP contribution in [0.1, 0.15) is 85.9 Å². The monoisotopic (exact) mass is 601 g/mol. The van der Waals surface area contributed by atoms with E-state index in [4.69, 9.17) is 14.5 Å². The summed E-state index contributed by atoms with van der Waals surface area (Å²) in [6.07, 6.45) is 6.18. The molecule has 4 heterocycles. The number of rotatable bonds is 11. The van der Waals surface area contributed by atoms with Gasteiger partial charge in [0.05, 0.1) is 19.3 Å². The molecule has 43 heavy (non-hydrogen) atoms. The van der Waals surface area contributed by atoms with Crippen molar-refractivity contribution in [1.82, 2.24) is 9.88 Å². The van der Waals surface area contributed by atoms with Crippen molar-refractivity contribution in [3.63, 3.8) is 0 Å². The number of aryl methyl sites for hydroxylation is 2. The van der Waals surface area contributed by atoms with Crippen LogP contribution in [-0.2, 0) is 27.1 Å². The van der Waals surface area contributed by atoms with Crippen LogP contribution in [0.25, 0.3) is 0 Å². The lowest BCUT2D eigenvalue weighted by Gasteiger charge is -2.51. The van der Waals surface area contributed by atoms with Gasteiger partial charge in [-0.05, 0) is 98.7 Å². The molecule has 0 unspecified atom stereocenters. The topological polar surface area (TPSA) is 83.9 Å². The number of ether oxygens (including phenoxy) is 2. The number of unbranched alkanes of at least 4 members (excludes halogenated alkanes) is 1. The van der Waals surface area contributed by atoms with Crippen molar-refractivity contribution in [3.8, 4) is 0 Å². The number of fused-ring (bicyclic) bond motifs is 1. The van der Waals surface area contributed by atoms with Crippen LogP contribution in [0.5, 0.6) is 0 Å². The van der Waals surface area contributed by atoms with Gasteiger partial charge in [-0.2, -0.15) is 0 Å². The van der Waals surface area contributed by atoms with E-state index in [1.807, 2.05) is 4.90 Å². The Labute approximate surface area is 251 Å². The number of carbonyl (C=O) groups is 1. The minimum absolute atomic E-state index is 0.165. The zero-order valence-electron chi connectivity index (χ0n) is 24.6. The van der Waals surface area contributed by atoms with Gasteiger partial charge in [-0.25, -0.2) is 18.2 Å². The maximum atomic E-state index is 14.5. The summed E-state index contributed by atoms with van der Waals surface area (Å²) in [4.78, 5) is 19.2. The number of aromatic nitrogens is 1. The zero-order chi connectivity index (χ0) is 30.0. The van der Waals surface area contributed by atoms with Gasteiger partial charge in [0.1, 0.15) is 17.7 Å². The van der Waals surface area contributed by atoms with Gasteiger partial charge >= 0.3 is 5.97 Å². The zero-order valence-corrected chi connectivity index (χ0v) is 24.6. The number of likely N-dealkylation sites (tertiary alicyclic amines) is 1. The molecule has 2 aromatic rings. The summed E-state index contributed by atoms with van der Waals surface area (Å²) in [5.41, 5.74) is 2.92. The minimum atomic E-state index is -2.63. The molecule has 1 spiro atoms. The van der Waals surface area contributed by atoms with Gasteiger partial charge < -0.3 is 19.9 Å². The number of carboxylic acids is 1. The molecule has 3 atom stereocenters. The third-order valence-corrected chi connectivity index (χ3v) is 9.68. The standard InChI is InChI=1S/C33H42F3N3O4/c34-24-7-9-26(28-10-12-32(21-43-28)19-33(35,36)20-32)27(16-24)29(31(40)41)39-14-11-22(17-39)18-42-15-2-1-5-25-8-6-23-4-3-13-37-30(23)38-25/h6-9,16,22,28-29H,1-5,10-15,17-21H2,(H,37,38)(H,40,41)/t22-,28-,29-/m1/s1. The Kier molecular flexibility index (Phi) is 8.99. The predicted octanol–water partition coefficient (Wildman–Crippen LogP) is 6.33. The Hall–Kier alpha value is -2.69. The maximum Gasteiger partial charge on any atom is 0.325 e. The van der Waals surface area contributed by atoms with Gasteiger partial charge in [0.15, 0.2) is 0 Å². The first-order valence-electron chi connectivity index (χ1n) is 15.8. The van der Waals surface area contributed by atoms with Crippen molar-refractivity contribution < 1.29 is 32.5 Å². The van der Waals surface area contributed by atoms with E-state index in [2.05, 4.69) is 17.4 Å². The van der Waals surface area contributed by atoms with Gasteiger partial charge in [0.2, 0.25) is 5.92 Å². The Morgan fingerprint density at radius 2 is 2.07 bits per heavy atom. The van der Waals surface area contributed by atoms with Crippen molar-refractivity contribution in [2.75, 3.05) is 44.8 Å². The lowest BCUT2D eigenvalue weighted by Crippen LogP contribution is -2.51. The molecule has 1 aromatic carbocycles. The highest BCUT2D eigenvalue weighted by Crippen LogP contribution is 2.58. The second-order valence-electron chi connectivity index (χ2n) is 13.1. The van der Waals surface area contributed by atoms with E-state index in [1.165, 1.54) is 17.7 Å². The van der Waals surface area contributed by atoms with Crippen LogP contribution in [-0.4, -0.2) is 66.3 Å². The van der Waals surface area contributed by atoms with E-state index < -0.39 is 35.3 Å². The molecule has 1 aliphatic carbocycles. The van der Waals surface area contributed by atoms with E-state index in [0.717, 1.165) is 56.6 Å². The molecule has 1 saturated carbocycles. The van der Waals surface area contributed by atoms with Gasteiger partial charge in [-0.3, -0.25) is 9.69 Å². The number of carboxylic acid groups (broad SMARTS) is 1. The maximum absolute atomic E-state index is 14.5. The highest BCUT2D eigenvalue weighted by Gasteiger charge is 2.57. The van der Waals surface area contributed by atoms with Crippen LogP contribution in [0.3, 0.4) is 0 Å². The van der Waals surface area contributed by atoms with Crippen LogP contribution in [0, 0.1) is 17.2 Å². The van der Waals surface area contributed by atoms with Crippen molar-refractivity contribution in [3.05, 3.63) is 58.5 Å². The van der Waals surface area contributed by atoms with E-state index in [-0.39, 0.29) is 25.4 Å². The highest BCUT2D eigenvalue weighted by atomic mass is 19.3. The molecule has 3 aliphatic heterocycles. The van der Waals surface area contributed by atoms with E-state index in [1.54, 1.807) is 6.07 Å². The molecule has 0 radical (unpaired) electrons. The molecular weight excluding hydrogens is 559 g/mol. The fourth-order valence-corrected chi connectivity index (χ4v) is 7.50. The number of pyridine rings is 1. The molecule has 234 valence electrons. The van der Waals surface area contributed by atoms with Crippen LogP contribution in [0.2, 0.25) is 0 Å². The van der Waals surface area contributed by atoms with Crippen molar-refractivity contribution in [2.24, 2.45) is 11.3 Å². The first-order valence-corrected chi connectivity index (χ1v) is 15.8. The molecule has 1 aromatic heterocycles. The number of alkyl halides is 2. The van der Waals surface area contributed by atoms with Gasteiger partial charge in [0.25, 0.3) is 0 Å². The van der Waals surface area contributed by atoms with Gasteiger partial charge in [-0.15, -0.1) is 0 Å². The fraction of sp³-hybridized carbons (Fsp3) is 0.636. The third kappa shape index (κ3) is 7.02.